The molecular weight excluding hydrogens is 414 g/mol. The first-order chi connectivity index (χ1) is 14.9. The predicted octanol–water partition coefficient (Wildman–Crippen LogP) is 5.18. The van der Waals surface area contributed by atoms with Gasteiger partial charge in [0.25, 0.3) is 5.91 Å². The Morgan fingerprint density at radius 2 is 1.81 bits per heavy atom. The molecule has 1 amide bonds. The number of benzene rings is 2. The van der Waals surface area contributed by atoms with Crippen molar-refractivity contribution in [2.45, 2.75) is 13.8 Å². The van der Waals surface area contributed by atoms with Gasteiger partial charge in [0.2, 0.25) is 0 Å². The van der Waals surface area contributed by atoms with Crippen molar-refractivity contribution in [1.29, 1.82) is 0 Å². The molecule has 0 saturated carbocycles. The van der Waals surface area contributed by atoms with Crippen LogP contribution in [0.2, 0.25) is 0 Å². The maximum atomic E-state index is 12.9. The fourth-order valence-electron chi connectivity index (χ4n) is 3.37. The number of nitrogens with one attached hydrogen (secondary N) is 1. The molecule has 0 fully saturated rings. The third-order valence-electron chi connectivity index (χ3n) is 4.98. The molecular formula is C24H19NO5S. The Morgan fingerprint density at radius 1 is 1.03 bits per heavy atom. The van der Waals surface area contributed by atoms with Crippen molar-refractivity contribution >= 4 is 39.2 Å². The molecule has 4 aromatic rings. The second kappa shape index (κ2) is 8.20. The van der Waals surface area contributed by atoms with Crippen molar-refractivity contribution in [3.63, 3.8) is 0 Å². The molecule has 0 aliphatic carbocycles. The average molecular weight is 433 g/mol. The van der Waals surface area contributed by atoms with Crippen molar-refractivity contribution in [3.8, 4) is 11.1 Å². The van der Waals surface area contributed by atoms with E-state index in [0.717, 1.165) is 16.7 Å². The maximum absolute atomic E-state index is 12.9. The molecule has 7 heteroatoms. The second-order valence-electron chi connectivity index (χ2n) is 7.10. The van der Waals surface area contributed by atoms with Crippen LogP contribution in [0, 0.1) is 13.8 Å². The van der Waals surface area contributed by atoms with Gasteiger partial charge in [-0.15, -0.1) is 11.3 Å². The first-order valence-corrected chi connectivity index (χ1v) is 10.4. The molecule has 0 saturated heterocycles. The van der Waals surface area contributed by atoms with E-state index >= 15 is 0 Å². The van der Waals surface area contributed by atoms with Crippen LogP contribution in [0.1, 0.15) is 31.8 Å². The van der Waals surface area contributed by atoms with Gasteiger partial charge in [0.05, 0.1) is 7.11 Å². The summed E-state index contributed by atoms with van der Waals surface area (Å²) in [5.74, 6) is -1.22. The number of anilines is 1. The van der Waals surface area contributed by atoms with Crippen LogP contribution in [-0.2, 0) is 4.74 Å². The van der Waals surface area contributed by atoms with E-state index in [9.17, 15) is 14.4 Å². The van der Waals surface area contributed by atoms with Crippen LogP contribution in [0.3, 0.4) is 0 Å². The minimum Gasteiger partial charge on any atom is -0.465 e. The zero-order valence-corrected chi connectivity index (χ0v) is 18.0. The molecule has 6 nitrogen and oxygen atoms in total. The number of carbonyl (C=O) groups excluding carboxylic acids is 2. The fraction of sp³-hybridized carbons (Fsp3) is 0.125. The Bertz CT molecular complexity index is 1380. The number of thiophene rings is 1. The van der Waals surface area contributed by atoms with Crippen LogP contribution < -0.4 is 10.9 Å². The van der Waals surface area contributed by atoms with Gasteiger partial charge in [-0.25, -0.2) is 9.59 Å². The molecule has 156 valence electrons. The highest BCUT2D eigenvalue weighted by atomic mass is 32.1. The normalized spacial score (nSPS) is 10.8. The van der Waals surface area contributed by atoms with E-state index in [1.807, 2.05) is 32.0 Å². The van der Waals surface area contributed by atoms with Crippen molar-refractivity contribution < 1.29 is 18.7 Å². The molecule has 0 spiro atoms. The van der Waals surface area contributed by atoms with Crippen molar-refractivity contribution in [2.24, 2.45) is 0 Å². The summed E-state index contributed by atoms with van der Waals surface area (Å²) in [6.07, 6.45) is 0. The number of carbonyl (C=O) groups is 2. The Morgan fingerprint density at radius 3 is 2.58 bits per heavy atom. The molecule has 0 unspecified atom stereocenters. The summed E-state index contributed by atoms with van der Waals surface area (Å²) in [5, 5.41) is 5.42. The number of para-hydroxylation sites is 1. The maximum Gasteiger partial charge on any atom is 0.349 e. The Kier molecular flexibility index (Phi) is 5.44. The Balaban J connectivity index is 1.77. The lowest BCUT2D eigenvalue weighted by molar-refractivity contribution is 0.0603. The van der Waals surface area contributed by atoms with Crippen molar-refractivity contribution in [1.82, 2.24) is 0 Å². The molecule has 4 rings (SSSR count). The summed E-state index contributed by atoms with van der Waals surface area (Å²) in [4.78, 5) is 37.8. The van der Waals surface area contributed by atoms with Crippen LogP contribution in [0.15, 0.2) is 63.1 Å². The van der Waals surface area contributed by atoms with Crippen molar-refractivity contribution in [2.75, 3.05) is 12.4 Å². The number of hydrogen-bond donors (Lipinski definition) is 1. The van der Waals surface area contributed by atoms with E-state index in [0.29, 0.717) is 21.5 Å². The smallest absolute Gasteiger partial charge is 0.349 e. The highest BCUT2D eigenvalue weighted by Gasteiger charge is 2.24. The van der Waals surface area contributed by atoms with E-state index in [2.05, 4.69) is 5.32 Å². The number of aryl methyl sites for hydroxylation is 2. The van der Waals surface area contributed by atoms with E-state index in [1.54, 1.807) is 29.6 Å². The minimum atomic E-state index is -0.748. The average Bonchev–Trinajstić information content (AvgIpc) is 3.17. The number of methoxy groups -OCH3 is 1. The molecule has 2 aromatic heterocycles. The molecule has 2 heterocycles. The van der Waals surface area contributed by atoms with Gasteiger partial charge in [-0.3, -0.25) is 4.79 Å². The number of fused-ring (bicyclic) bond motifs is 1. The number of hydrogen-bond acceptors (Lipinski definition) is 6. The lowest BCUT2D eigenvalue weighted by Crippen LogP contribution is -2.21. The molecule has 0 aliphatic rings. The number of rotatable bonds is 4. The van der Waals surface area contributed by atoms with Crippen LogP contribution in [-0.4, -0.2) is 19.0 Å². The summed E-state index contributed by atoms with van der Waals surface area (Å²) in [6.45, 7) is 3.92. The van der Waals surface area contributed by atoms with E-state index in [1.165, 1.54) is 24.5 Å². The van der Waals surface area contributed by atoms with E-state index < -0.39 is 17.5 Å². The quantitative estimate of drug-likeness (QED) is 0.354. The number of amides is 1. The molecule has 0 bridgehead atoms. The Labute approximate surface area is 182 Å². The van der Waals surface area contributed by atoms with Crippen LogP contribution in [0.5, 0.6) is 0 Å². The molecule has 1 N–H and O–H groups in total. The molecule has 0 atom stereocenters. The third-order valence-corrected chi connectivity index (χ3v) is 5.87. The summed E-state index contributed by atoms with van der Waals surface area (Å²) >= 11 is 1.20. The highest BCUT2D eigenvalue weighted by Crippen LogP contribution is 2.38. The summed E-state index contributed by atoms with van der Waals surface area (Å²) in [7, 11) is 1.29. The van der Waals surface area contributed by atoms with Gasteiger partial charge in [0.15, 0.2) is 0 Å². The van der Waals surface area contributed by atoms with Crippen LogP contribution in [0.25, 0.3) is 22.1 Å². The SMILES string of the molecule is COC(=O)c1c(-c2cc(C)ccc2C)csc1NC(=O)c1cc2ccccc2oc1=O. The van der Waals surface area contributed by atoms with Gasteiger partial charge in [0.1, 0.15) is 21.7 Å². The third kappa shape index (κ3) is 3.87. The van der Waals surface area contributed by atoms with Gasteiger partial charge in [-0.05, 0) is 37.1 Å². The second-order valence-corrected chi connectivity index (χ2v) is 7.98. The number of esters is 1. The summed E-state index contributed by atoms with van der Waals surface area (Å²) in [6, 6.07) is 14.4. The van der Waals surface area contributed by atoms with Crippen molar-refractivity contribution in [3.05, 3.63) is 86.6 Å². The lowest BCUT2D eigenvalue weighted by Gasteiger charge is -2.10. The standard InChI is InChI=1S/C24H19NO5S/c1-13-8-9-14(2)16(10-13)18-12-31-22(20(18)24(28)29-3)25-21(26)17-11-15-6-4-5-7-19(15)30-23(17)27/h4-12H,1-3H3,(H,25,26). The Hall–Kier alpha value is -3.71. The van der Waals surface area contributed by atoms with E-state index in [4.69, 9.17) is 9.15 Å². The summed E-state index contributed by atoms with van der Waals surface area (Å²) in [5.41, 5.74) is 3.33. The monoisotopic (exact) mass is 433 g/mol. The zero-order valence-electron chi connectivity index (χ0n) is 17.1. The first kappa shape index (κ1) is 20.6. The predicted molar refractivity (Wildman–Crippen MR) is 121 cm³/mol. The van der Waals surface area contributed by atoms with Gasteiger partial charge in [-0.1, -0.05) is 42.0 Å². The minimum absolute atomic E-state index is 0.142. The van der Waals surface area contributed by atoms with Gasteiger partial charge >= 0.3 is 11.6 Å². The summed E-state index contributed by atoms with van der Waals surface area (Å²) < 4.78 is 10.2. The highest BCUT2D eigenvalue weighted by molar-refractivity contribution is 7.15. The zero-order chi connectivity index (χ0) is 22.1. The fourth-order valence-corrected chi connectivity index (χ4v) is 4.31. The topological polar surface area (TPSA) is 85.6 Å². The molecule has 2 aromatic carbocycles. The van der Waals surface area contributed by atoms with Crippen LogP contribution >= 0.6 is 11.3 Å². The van der Waals surface area contributed by atoms with Gasteiger partial charge < -0.3 is 14.5 Å². The van der Waals surface area contributed by atoms with Gasteiger partial charge in [-0.2, -0.15) is 0 Å². The first-order valence-electron chi connectivity index (χ1n) is 9.50. The number of ether oxygens (including phenoxy) is 1. The van der Waals surface area contributed by atoms with Gasteiger partial charge in [0, 0.05) is 16.3 Å². The largest absolute Gasteiger partial charge is 0.465 e. The van der Waals surface area contributed by atoms with Crippen LogP contribution in [0.4, 0.5) is 5.00 Å². The molecule has 0 aliphatic heterocycles. The lowest BCUT2D eigenvalue weighted by atomic mass is 9.97. The molecule has 0 radical (unpaired) electrons. The molecule has 31 heavy (non-hydrogen) atoms. The van der Waals surface area contributed by atoms with E-state index in [-0.39, 0.29) is 11.1 Å².